The number of hydrogen-bond donors (Lipinski definition) is 0. The van der Waals surface area contributed by atoms with Crippen molar-refractivity contribution in [3.05, 3.63) is 75.6 Å². The minimum absolute atomic E-state index is 0.207. The van der Waals surface area contributed by atoms with Crippen molar-refractivity contribution >= 4 is 0 Å². The zero-order chi connectivity index (χ0) is 18.7. The molecule has 0 aromatic heterocycles. The van der Waals surface area contributed by atoms with Gasteiger partial charge in [-0.1, -0.05) is 52.0 Å². The van der Waals surface area contributed by atoms with Gasteiger partial charge in [0.1, 0.15) is 0 Å². The van der Waals surface area contributed by atoms with Gasteiger partial charge in [-0.05, 0) is 95.9 Å². The molecule has 0 aliphatic heterocycles. The number of rotatable bonds is 2. The average molecular weight is 345 g/mol. The Kier molecular flexibility index (Phi) is 3.80. The van der Waals surface area contributed by atoms with E-state index in [1.54, 1.807) is 16.7 Å². The summed E-state index contributed by atoms with van der Waals surface area (Å²) in [7, 11) is 0. The van der Waals surface area contributed by atoms with Crippen LogP contribution in [0.1, 0.15) is 82.6 Å². The second kappa shape index (κ2) is 5.61. The minimum atomic E-state index is 0.207. The number of benzene rings is 1. The first-order valence-corrected chi connectivity index (χ1v) is 10.1. The maximum atomic E-state index is 3.39. The largest absolute Gasteiger partial charge is 0.120 e. The smallest absolute Gasteiger partial charge is 0.0212 e. The van der Waals surface area contributed by atoms with Crippen LogP contribution in [0.2, 0.25) is 0 Å². The van der Waals surface area contributed by atoms with Crippen LogP contribution < -0.4 is 0 Å². The molecule has 0 N–H and O–H groups in total. The van der Waals surface area contributed by atoms with Crippen LogP contribution in [0.25, 0.3) is 0 Å². The monoisotopic (exact) mass is 344 g/mol. The molecule has 26 heavy (non-hydrogen) atoms. The maximum absolute atomic E-state index is 3.39. The Bertz CT molecular complexity index is 888. The molecule has 1 saturated carbocycles. The van der Waals surface area contributed by atoms with Gasteiger partial charge in [0.15, 0.2) is 0 Å². The molecular weight excluding hydrogens is 312 g/mol. The Morgan fingerprint density at radius 2 is 1.35 bits per heavy atom. The average Bonchev–Trinajstić information content (AvgIpc) is 3.37. The van der Waals surface area contributed by atoms with Crippen molar-refractivity contribution < 1.29 is 0 Å². The summed E-state index contributed by atoms with van der Waals surface area (Å²) in [5, 5.41) is 0. The summed E-state index contributed by atoms with van der Waals surface area (Å²) < 4.78 is 0. The van der Waals surface area contributed by atoms with Gasteiger partial charge >= 0.3 is 0 Å². The Hall–Kier alpha value is -1.78. The zero-order valence-electron chi connectivity index (χ0n) is 17.3. The Balaban J connectivity index is 1.88. The van der Waals surface area contributed by atoms with Crippen LogP contribution in [0.4, 0.5) is 0 Å². The molecule has 0 saturated heterocycles. The topological polar surface area (TPSA) is 0 Å². The van der Waals surface area contributed by atoms with Crippen molar-refractivity contribution in [2.24, 2.45) is 0 Å². The Morgan fingerprint density at radius 3 is 1.96 bits per heavy atom. The minimum Gasteiger partial charge on any atom is -0.120 e. The highest BCUT2D eigenvalue weighted by Crippen LogP contribution is 2.57. The van der Waals surface area contributed by atoms with Crippen LogP contribution >= 0.6 is 0 Å². The number of allylic oxidation sites excluding steroid dienone is 5. The highest BCUT2D eigenvalue weighted by Gasteiger charge is 2.49. The predicted molar refractivity (Wildman–Crippen MR) is 112 cm³/mol. The molecule has 0 nitrogen and oxygen atoms in total. The van der Waals surface area contributed by atoms with E-state index >= 15 is 0 Å². The first-order valence-electron chi connectivity index (χ1n) is 10.1. The highest BCUT2D eigenvalue weighted by atomic mass is 14.5. The fraction of sp³-hybridized carbons (Fsp3) is 0.500. The summed E-state index contributed by atoms with van der Waals surface area (Å²) in [4.78, 5) is 0. The third-order valence-electron chi connectivity index (χ3n) is 7.09. The maximum Gasteiger partial charge on any atom is 0.0212 e. The van der Waals surface area contributed by atoms with Gasteiger partial charge in [0.05, 0.1) is 0 Å². The van der Waals surface area contributed by atoms with Crippen LogP contribution in [0.5, 0.6) is 0 Å². The summed E-state index contributed by atoms with van der Waals surface area (Å²) in [6.07, 6.45) is 13.9. The molecular formula is C26H32. The molecule has 0 atom stereocenters. The van der Waals surface area contributed by atoms with Gasteiger partial charge in [-0.2, -0.15) is 0 Å². The number of aryl methyl sites for hydroxylation is 1. The third-order valence-corrected chi connectivity index (χ3v) is 7.09. The van der Waals surface area contributed by atoms with Crippen molar-refractivity contribution in [1.82, 2.24) is 0 Å². The lowest BCUT2D eigenvalue weighted by Gasteiger charge is -2.43. The first-order chi connectivity index (χ1) is 12.2. The highest BCUT2D eigenvalue weighted by molar-refractivity contribution is 5.57. The Morgan fingerprint density at radius 1 is 0.731 bits per heavy atom. The molecule has 3 aliphatic carbocycles. The number of fused-ring (bicyclic) bond motifs is 1. The Labute approximate surface area is 159 Å². The molecule has 0 heterocycles. The van der Waals surface area contributed by atoms with E-state index in [1.807, 2.05) is 0 Å². The molecule has 0 spiro atoms. The van der Waals surface area contributed by atoms with Crippen LogP contribution in [0, 0.1) is 6.92 Å². The summed E-state index contributed by atoms with van der Waals surface area (Å²) in [5.74, 6) is 0. The quantitative estimate of drug-likeness (QED) is 0.508. The molecule has 1 fully saturated rings. The lowest BCUT2D eigenvalue weighted by atomic mass is 9.62. The van der Waals surface area contributed by atoms with E-state index in [-0.39, 0.29) is 16.2 Å². The molecule has 0 amide bonds. The molecule has 136 valence electrons. The van der Waals surface area contributed by atoms with Gasteiger partial charge in [-0.25, -0.2) is 0 Å². The van der Waals surface area contributed by atoms with Crippen molar-refractivity contribution in [3.63, 3.8) is 0 Å². The number of hydrogen-bond acceptors (Lipinski definition) is 0. The molecule has 0 bridgehead atoms. The van der Waals surface area contributed by atoms with E-state index in [0.717, 1.165) is 0 Å². The van der Waals surface area contributed by atoms with E-state index < -0.39 is 0 Å². The van der Waals surface area contributed by atoms with Crippen LogP contribution in [0.15, 0.2) is 53.3 Å². The molecule has 1 aromatic carbocycles. The first kappa shape index (κ1) is 17.6. The van der Waals surface area contributed by atoms with Gasteiger partial charge in [0, 0.05) is 5.41 Å². The van der Waals surface area contributed by atoms with E-state index in [9.17, 15) is 0 Å². The molecule has 0 unspecified atom stereocenters. The normalized spacial score (nSPS) is 24.4. The second-order valence-electron chi connectivity index (χ2n) is 10.1. The van der Waals surface area contributed by atoms with Crippen molar-refractivity contribution in [2.45, 2.75) is 83.5 Å². The van der Waals surface area contributed by atoms with Gasteiger partial charge in [0.25, 0.3) is 0 Å². The zero-order valence-corrected chi connectivity index (χ0v) is 17.3. The molecule has 3 aliphatic rings. The van der Waals surface area contributed by atoms with E-state index in [2.05, 4.69) is 83.7 Å². The van der Waals surface area contributed by atoms with E-state index in [1.165, 1.54) is 42.4 Å². The molecule has 4 rings (SSSR count). The standard InChI is InChI=1S/C26H32/c1-18-8-7-9-20(11-10-18)26(14-15-26)21-17-23-22(16-19(21)2)24(3,4)12-13-25(23,5)6/h8-11,16-17H,12-15H2,1-6H3. The van der Waals surface area contributed by atoms with E-state index in [0.29, 0.717) is 0 Å². The lowest BCUT2D eigenvalue weighted by molar-refractivity contribution is 0.331. The SMILES string of the molecule is CC1=CC=C(C2(c3cc4c(cc3C)C(C)(C)CCC4(C)C)CC2)C=C=C1. The summed E-state index contributed by atoms with van der Waals surface area (Å²) in [6, 6.07) is 5.10. The van der Waals surface area contributed by atoms with Gasteiger partial charge in [-0.3, -0.25) is 0 Å². The third kappa shape index (κ3) is 2.67. The predicted octanol–water partition coefficient (Wildman–Crippen LogP) is 6.97. The summed E-state index contributed by atoms with van der Waals surface area (Å²) in [5.41, 5.74) is 13.0. The van der Waals surface area contributed by atoms with E-state index in [4.69, 9.17) is 0 Å². The molecule has 1 aromatic rings. The van der Waals surface area contributed by atoms with Gasteiger partial charge in [-0.15, -0.1) is 5.73 Å². The fourth-order valence-corrected chi connectivity index (χ4v) is 4.95. The summed E-state index contributed by atoms with van der Waals surface area (Å²) in [6.45, 7) is 14.2. The van der Waals surface area contributed by atoms with Crippen LogP contribution in [-0.4, -0.2) is 0 Å². The van der Waals surface area contributed by atoms with Gasteiger partial charge in [0.2, 0.25) is 0 Å². The molecule has 0 heteroatoms. The lowest BCUT2D eigenvalue weighted by Crippen LogP contribution is -2.34. The van der Waals surface area contributed by atoms with Crippen molar-refractivity contribution in [1.29, 1.82) is 0 Å². The van der Waals surface area contributed by atoms with Gasteiger partial charge < -0.3 is 0 Å². The van der Waals surface area contributed by atoms with Crippen molar-refractivity contribution in [3.8, 4) is 0 Å². The van der Waals surface area contributed by atoms with Crippen molar-refractivity contribution in [2.75, 3.05) is 0 Å². The molecule has 0 radical (unpaired) electrons. The summed E-state index contributed by atoms with van der Waals surface area (Å²) >= 11 is 0. The van der Waals surface area contributed by atoms with Crippen LogP contribution in [0.3, 0.4) is 0 Å². The fourth-order valence-electron chi connectivity index (χ4n) is 4.95. The van der Waals surface area contributed by atoms with Crippen LogP contribution in [-0.2, 0) is 16.2 Å². The second-order valence-corrected chi connectivity index (χ2v) is 10.1.